The van der Waals surface area contributed by atoms with Crippen LogP contribution in [0.2, 0.25) is 0 Å². The van der Waals surface area contributed by atoms with E-state index in [2.05, 4.69) is 86.1 Å². The number of hydrogen-bond donors (Lipinski definition) is 0. The van der Waals surface area contributed by atoms with E-state index in [0.29, 0.717) is 4.47 Å². The molecule has 0 atom stereocenters. The van der Waals surface area contributed by atoms with Gasteiger partial charge >= 0.3 is 64.9 Å². The molecule has 0 aliphatic heterocycles. The van der Waals surface area contributed by atoms with E-state index in [9.17, 15) is 17.6 Å². The van der Waals surface area contributed by atoms with Crippen molar-refractivity contribution in [2.24, 2.45) is 14.1 Å². The standard InChI is InChI=1S/C5H5BrF2N2.C5H6F2N2.CCl4.CH4.3HI.V/c1-10-2-3(6)4(9-10)5(7)8;1-9-3-2-4(8-9)5(6)7;2-1(3,4)5;;;;;/h2,5H,1H3;2-3,5H,1H3;;1H4;3*1H;/q;;;;;;;+3/p-3. The number of aromatic nitrogens is 4. The van der Waals surface area contributed by atoms with Gasteiger partial charge in [-0.2, -0.15) is 10.2 Å². The predicted octanol–water partition coefficient (Wildman–Crippen LogP) is 9.32. The van der Waals surface area contributed by atoms with E-state index >= 15 is 0 Å². The van der Waals surface area contributed by atoms with Gasteiger partial charge in [0.2, 0.25) is 0 Å². The first-order valence-corrected chi connectivity index (χ1v) is 22.1. The van der Waals surface area contributed by atoms with Crippen molar-refractivity contribution in [3.05, 3.63) is 34.3 Å². The van der Waals surface area contributed by atoms with E-state index in [1.807, 2.05) is 0 Å². The Hall–Kier alpha value is 2.55. The van der Waals surface area contributed by atoms with E-state index < -0.39 is 16.1 Å². The Kier molecular flexibility index (Phi) is 23.6. The Morgan fingerprint density at radius 2 is 1.41 bits per heavy atom. The van der Waals surface area contributed by atoms with Gasteiger partial charge in [-0.25, -0.2) is 17.6 Å². The second-order valence-corrected chi connectivity index (χ2v) is 43.8. The maximum atomic E-state index is 11.9. The first-order valence-electron chi connectivity index (χ1n) is 6.32. The molecule has 0 N–H and O–H groups in total. The molecule has 172 valence electrons. The Bertz CT molecular complexity index is 669. The first-order chi connectivity index (χ1) is 12.5. The Labute approximate surface area is 232 Å². The van der Waals surface area contributed by atoms with Gasteiger partial charge in [0.1, 0.15) is 11.4 Å². The number of rotatable bonds is 2. The molecular weight excluding hydrogens is 930 g/mol. The minimum atomic E-state index is -2.50. The molecule has 2 aromatic rings. The molecule has 0 aliphatic carbocycles. The molecule has 2 aromatic heterocycles. The summed E-state index contributed by atoms with van der Waals surface area (Å²) in [6.07, 6.45) is -1.98. The van der Waals surface area contributed by atoms with E-state index in [-0.39, 0.29) is 23.7 Å². The summed E-state index contributed by atoms with van der Waals surface area (Å²) in [6, 6.07) is 1.30. The molecule has 0 unspecified atom stereocenters. The number of aryl methyl sites for hydroxylation is 2. The number of halogens is 12. The normalized spacial score (nSPS) is 10.4. The fourth-order valence-electron chi connectivity index (χ4n) is 1.17. The average molecular weight is 945 g/mol. The monoisotopic (exact) mass is 942 g/mol. The fraction of sp³-hybridized carbons (Fsp3) is 0.500. The Balaban J connectivity index is -0.000000328. The third-order valence-corrected chi connectivity index (χ3v) is 2.59. The molecule has 0 aromatic carbocycles. The van der Waals surface area contributed by atoms with Crippen LogP contribution in [0.4, 0.5) is 17.6 Å². The van der Waals surface area contributed by atoms with E-state index in [0.717, 1.165) is 0 Å². The zero-order valence-electron chi connectivity index (χ0n) is 13.7. The number of nitrogens with zero attached hydrogens (tertiary/aromatic N) is 4. The van der Waals surface area contributed by atoms with Crippen LogP contribution >= 0.6 is 122 Å². The van der Waals surface area contributed by atoms with Crippen molar-refractivity contribution in [1.29, 1.82) is 0 Å². The first kappa shape index (κ1) is 36.1. The summed E-state index contributed by atoms with van der Waals surface area (Å²) in [5.41, 5.74) is -0.375. The van der Waals surface area contributed by atoms with E-state index in [4.69, 9.17) is 46.4 Å². The predicted molar refractivity (Wildman–Crippen MR) is 139 cm³/mol. The molecule has 4 nitrogen and oxygen atoms in total. The summed E-state index contributed by atoms with van der Waals surface area (Å²) < 4.78 is 48.7. The molecule has 0 fully saturated rings. The van der Waals surface area contributed by atoms with E-state index in [1.54, 1.807) is 14.1 Å². The Morgan fingerprint density at radius 1 is 1.00 bits per heavy atom. The van der Waals surface area contributed by atoms with Gasteiger partial charge in [-0.15, -0.1) is 0 Å². The fourth-order valence-corrected chi connectivity index (χ4v) is 1.72. The van der Waals surface area contributed by atoms with Crippen molar-refractivity contribution in [3.63, 3.8) is 0 Å². The van der Waals surface area contributed by atoms with Crippen molar-refractivity contribution in [2.45, 2.75) is 23.5 Å². The van der Waals surface area contributed by atoms with Crippen LogP contribution in [-0.4, -0.2) is 22.8 Å². The summed E-state index contributed by atoms with van der Waals surface area (Å²) in [5.74, 6) is 0. The average Bonchev–Trinajstić information content (AvgIpc) is 3.03. The maximum absolute atomic E-state index is 11.9. The summed E-state index contributed by atoms with van der Waals surface area (Å²) in [7, 11) is 3.20. The molecule has 0 saturated carbocycles. The molecule has 17 heteroatoms. The second kappa shape index (κ2) is 18.9. The van der Waals surface area contributed by atoms with Crippen LogP contribution in [0.1, 0.15) is 31.7 Å². The van der Waals surface area contributed by atoms with Crippen LogP contribution in [0.3, 0.4) is 0 Å². The summed E-state index contributed by atoms with van der Waals surface area (Å²) >= 11 is 29.6. The van der Waals surface area contributed by atoms with Crippen molar-refractivity contribution in [3.8, 4) is 0 Å². The second-order valence-electron chi connectivity index (χ2n) is 4.17. The van der Waals surface area contributed by atoms with Gasteiger partial charge in [0.25, 0.3) is 16.1 Å². The Morgan fingerprint density at radius 3 is 1.55 bits per heavy atom. The number of hydrogen-bond acceptors (Lipinski definition) is 2. The van der Waals surface area contributed by atoms with Gasteiger partial charge in [-0.05, 0) is 22.0 Å². The van der Waals surface area contributed by atoms with Crippen molar-refractivity contribution in [1.82, 2.24) is 19.6 Å². The quantitative estimate of drug-likeness (QED) is 0.171. The van der Waals surface area contributed by atoms with Crippen LogP contribution < -0.4 is 0 Å². The van der Waals surface area contributed by atoms with Crippen molar-refractivity contribution < 1.29 is 22.5 Å². The topological polar surface area (TPSA) is 35.6 Å². The van der Waals surface area contributed by atoms with Gasteiger partial charge < -0.3 is 0 Å². The zero-order valence-corrected chi connectivity index (χ0v) is 26.1. The van der Waals surface area contributed by atoms with Gasteiger partial charge in [0, 0.05) is 26.5 Å². The molecule has 0 saturated heterocycles. The summed E-state index contributed by atoms with van der Waals surface area (Å²) in [4.78, 5) is -0.278. The zero-order chi connectivity index (χ0) is 22.7. The molecule has 0 bridgehead atoms. The van der Waals surface area contributed by atoms with Crippen LogP contribution in [0, 0.1) is 0 Å². The molecule has 0 aliphatic rings. The molecule has 0 amide bonds. The van der Waals surface area contributed by atoms with Gasteiger partial charge in [-0.3, -0.25) is 9.36 Å². The molecule has 0 radical (unpaired) electrons. The van der Waals surface area contributed by atoms with Gasteiger partial charge in [0.15, 0.2) is 0 Å². The van der Waals surface area contributed by atoms with Crippen molar-refractivity contribution >= 4 is 122 Å². The van der Waals surface area contributed by atoms with Gasteiger partial charge in [-0.1, -0.05) is 53.8 Å². The summed E-state index contributed by atoms with van der Waals surface area (Å²) in [6.45, 7) is 0. The molecule has 2 heterocycles. The van der Waals surface area contributed by atoms with E-state index in [1.165, 1.54) is 27.8 Å². The third kappa shape index (κ3) is 25.0. The third-order valence-electron chi connectivity index (χ3n) is 1.97. The SMILES string of the molecule is C.ClC(Cl)(Cl)Cl.Cn1cc(Br)c(C(F)F)n1.Cn1ccc(C(F)F)n1.[I][V]([I])[I]. The van der Waals surface area contributed by atoms with Crippen molar-refractivity contribution in [2.75, 3.05) is 0 Å². The van der Waals surface area contributed by atoms with Crippen LogP contribution in [0.25, 0.3) is 0 Å². The number of alkyl halides is 8. The van der Waals surface area contributed by atoms with Crippen LogP contribution in [-0.2, 0) is 19.0 Å². The minimum absolute atomic E-state index is 0. The molecule has 2 rings (SSSR count). The van der Waals surface area contributed by atoms with Gasteiger partial charge in [0.05, 0.1) is 4.47 Å². The molecule has 0 spiro atoms. The molecule has 29 heavy (non-hydrogen) atoms. The van der Waals surface area contributed by atoms with Crippen LogP contribution in [0.15, 0.2) is 22.9 Å². The summed E-state index contributed by atoms with van der Waals surface area (Å²) in [5, 5.41) is 7.01. The molecular formula is C12H15BrCl4F4I3N4V. The van der Waals surface area contributed by atoms with Crippen LogP contribution in [0.5, 0.6) is 0 Å².